The fourth-order valence-electron chi connectivity index (χ4n) is 5.21. The van der Waals surface area contributed by atoms with Gasteiger partial charge in [0.05, 0.1) is 8.95 Å². The van der Waals surface area contributed by atoms with Crippen molar-refractivity contribution in [3.8, 4) is 11.1 Å². The van der Waals surface area contributed by atoms with Crippen LogP contribution in [0.2, 0.25) is 0 Å². The molecule has 0 fully saturated rings. The number of allylic oxidation sites excluding steroid dienone is 5. The van der Waals surface area contributed by atoms with Crippen LogP contribution in [0.25, 0.3) is 60.2 Å². The van der Waals surface area contributed by atoms with Crippen molar-refractivity contribution in [1.82, 2.24) is 0 Å². The first-order chi connectivity index (χ1) is 17.6. The van der Waals surface area contributed by atoms with Gasteiger partial charge in [-0.1, -0.05) is 97.6 Å². The average molecular weight is 594 g/mol. The Morgan fingerprint density at radius 2 is 1.36 bits per heavy atom. The summed E-state index contributed by atoms with van der Waals surface area (Å²) in [5.41, 5.74) is 6.25. The molecule has 0 saturated heterocycles. The molecule has 6 rings (SSSR count). The zero-order chi connectivity index (χ0) is 24.8. The van der Waals surface area contributed by atoms with Crippen molar-refractivity contribution in [2.45, 2.75) is 6.92 Å². The van der Waals surface area contributed by atoms with E-state index in [0.29, 0.717) is 0 Å². The molecule has 1 aromatic heterocycles. The van der Waals surface area contributed by atoms with E-state index in [-0.39, 0.29) is 0 Å². The van der Waals surface area contributed by atoms with Crippen LogP contribution in [0, 0.1) is 0 Å². The van der Waals surface area contributed by atoms with E-state index in [1.165, 1.54) is 16.5 Å². The van der Waals surface area contributed by atoms with Crippen molar-refractivity contribution in [2.24, 2.45) is 0 Å². The Labute approximate surface area is 226 Å². The van der Waals surface area contributed by atoms with Gasteiger partial charge >= 0.3 is 0 Å². The molecule has 0 aliphatic heterocycles. The summed E-state index contributed by atoms with van der Waals surface area (Å²) in [6, 6.07) is 27.9. The molecule has 174 valence electrons. The van der Waals surface area contributed by atoms with E-state index in [2.05, 4.69) is 123 Å². The quantitative estimate of drug-likeness (QED) is 0.185. The van der Waals surface area contributed by atoms with Gasteiger partial charge in [0.15, 0.2) is 0 Å². The third-order valence-electron chi connectivity index (χ3n) is 6.67. The molecule has 0 atom stereocenters. The van der Waals surface area contributed by atoms with Crippen molar-refractivity contribution in [3.63, 3.8) is 0 Å². The van der Waals surface area contributed by atoms with Crippen LogP contribution < -0.4 is 0 Å². The number of halogens is 2. The molecule has 36 heavy (non-hydrogen) atoms. The molecular weight excluding hydrogens is 572 g/mol. The molecule has 0 saturated carbocycles. The molecular formula is C33H22Br2O. The van der Waals surface area contributed by atoms with Crippen LogP contribution in [0.3, 0.4) is 0 Å². The standard InChI is InChI=1S/C33H22Br2O/c1-3-10-20(11-4-2)26-18-28(34)32-30-22(14-8-16-24(26)30)23-15-9-17-25-27(21-12-6-5-7-13-21)19-29(35)33(36-32)31(23)25/h3-19H,1H2,2H3/b11-4-,20-10+. The summed E-state index contributed by atoms with van der Waals surface area (Å²) in [6.45, 7) is 5.96. The van der Waals surface area contributed by atoms with Crippen LogP contribution in [-0.4, -0.2) is 0 Å². The van der Waals surface area contributed by atoms with Crippen molar-refractivity contribution >= 4 is 80.9 Å². The van der Waals surface area contributed by atoms with Gasteiger partial charge in [-0.25, -0.2) is 0 Å². The summed E-state index contributed by atoms with van der Waals surface area (Å²) in [6.07, 6.45) is 8.06. The van der Waals surface area contributed by atoms with Crippen LogP contribution in [0.1, 0.15) is 12.5 Å². The highest BCUT2D eigenvalue weighted by Crippen LogP contribution is 2.45. The molecule has 0 unspecified atom stereocenters. The molecule has 6 aromatic rings. The van der Waals surface area contributed by atoms with Gasteiger partial charge in [-0.3, -0.25) is 0 Å². The second-order valence-corrected chi connectivity index (χ2v) is 10.5. The van der Waals surface area contributed by atoms with Gasteiger partial charge in [0.1, 0.15) is 11.2 Å². The average Bonchev–Trinajstić information content (AvgIpc) is 3.06. The fourth-order valence-corrected chi connectivity index (χ4v) is 6.23. The largest absolute Gasteiger partial charge is 0.454 e. The lowest BCUT2D eigenvalue weighted by Gasteiger charge is -2.11. The minimum atomic E-state index is 0.827. The zero-order valence-electron chi connectivity index (χ0n) is 19.7. The maximum atomic E-state index is 6.80. The van der Waals surface area contributed by atoms with Crippen molar-refractivity contribution < 1.29 is 4.42 Å². The van der Waals surface area contributed by atoms with E-state index in [1.54, 1.807) is 0 Å². The van der Waals surface area contributed by atoms with E-state index in [4.69, 9.17) is 4.42 Å². The molecule has 0 N–H and O–H groups in total. The molecule has 0 bridgehead atoms. The highest BCUT2D eigenvalue weighted by molar-refractivity contribution is 9.11. The lowest BCUT2D eigenvalue weighted by molar-refractivity contribution is 0.660. The smallest absolute Gasteiger partial charge is 0.150 e. The third kappa shape index (κ3) is 3.57. The molecule has 1 heterocycles. The fraction of sp³-hybridized carbons (Fsp3) is 0.0303. The third-order valence-corrected chi connectivity index (χ3v) is 7.85. The van der Waals surface area contributed by atoms with Gasteiger partial charge in [-0.05, 0) is 94.7 Å². The Morgan fingerprint density at radius 3 is 2.03 bits per heavy atom. The molecule has 1 nitrogen and oxygen atoms in total. The number of hydrogen-bond acceptors (Lipinski definition) is 1. The van der Waals surface area contributed by atoms with Crippen LogP contribution in [0.5, 0.6) is 0 Å². The first-order valence-electron chi connectivity index (χ1n) is 11.8. The summed E-state index contributed by atoms with van der Waals surface area (Å²) in [4.78, 5) is 0. The highest BCUT2D eigenvalue weighted by atomic mass is 79.9. The highest BCUT2D eigenvalue weighted by Gasteiger charge is 2.19. The van der Waals surface area contributed by atoms with Crippen LogP contribution in [0.4, 0.5) is 0 Å². The lowest BCUT2D eigenvalue weighted by Crippen LogP contribution is -1.87. The molecule has 0 aliphatic rings. The van der Waals surface area contributed by atoms with Crippen LogP contribution in [-0.2, 0) is 0 Å². The summed E-state index contributed by atoms with van der Waals surface area (Å²) in [5, 5.41) is 6.83. The number of rotatable bonds is 4. The zero-order valence-corrected chi connectivity index (χ0v) is 22.9. The van der Waals surface area contributed by atoms with Crippen molar-refractivity contribution in [2.75, 3.05) is 0 Å². The van der Waals surface area contributed by atoms with E-state index in [0.717, 1.165) is 58.2 Å². The van der Waals surface area contributed by atoms with E-state index < -0.39 is 0 Å². The molecule has 0 amide bonds. The Hall–Kier alpha value is -3.40. The van der Waals surface area contributed by atoms with Gasteiger partial charge in [0, 0.05) is 10.8 Å². The maximum Gasteiger partial charge on any atom is 0.150 e. The Morgan fingerprint density at radius 1 is 0.750 bits per heavy atom. The Balaban J connectivity index is 1.86. The second-order valence-electron chi connectivity index (χ2n) is 8.75. The Kier molecular flexibility index (Phi) is 5.91. The van der Waals surface area contributed by atoms with Gasteiger partial charge < -0.3 is 4.42 Å². The molecule has 5 aromatic carbocycles. The lowest BCUT2D eigenvalue weighted by atomic mass is 9.92. The predicted molar refractivity (Wildman–Crippen MR) is 163 cm³/mol. The second kappa shape index (κ2) is 9.24. The SMILES string of the molecule is C=C/C=C(\C=C/C)c1cc(Br)c2oc3c(Br)cc(-c4ccccc4)c4cccc(c5cccc1c25)c43. The van der Waals surface area contributed by atoms with Crippen LogP contribution >= 0.6 is 31.9 Å². The maximum absolute atomic E-state index is 6.80. The normalized spacial score (nSPS) is 12.5. The monoisotopic (exact) mass is 592 g/mol. The molecule has 3 heteroatoms. The summed E-state index contributed by atoms with van der Waals surface area (Å²) in [7, 11) is 0. The first kappa shape index (κ1) is 23.0. The van der Waals surface area contributed by atoms with Gasteiger partial charge in [-0.15, -0.1) is 0 Å². The van der Waals surface area contributed by atoms with Crippen LogP contribution in [0.15, 0.2) is 123 Å². The minimum absolute atomic E-state index is 0.827. The van der Waals surface area contributed by atoms with E-state index in [9.17, 15) is 0 Å². The topological polar surface area (TPSA) is 13.1 Å². The molecule has 0 radical (unpaired) electrons. The van der Waals surface area contributed by atoms with Gasteiger partial charge in [-0.2, -0.15) is 0 Å². The van der Waals surface area contributed by atoms with Gasteiger partial charge in [0.2, 0.25) is 0 Å². The number of hydrogen-bond donors (Lipinski definition) is 0. The van der Waals surface area contributed by atoms with Crippen molar-refractivity contribution in [3.05, 3.63) is 124 Å². The van der Waals surface area contributed by atoms with E-state index >= 15 is 0 Å². The number of benzene rings is 5. The summed E-state index contributed by atoms with van der Waals surface area (Å²) >= 11 is 7.71. The molecule has 0 spiro atoms. The predicted octanol–water partition coefficient (Wildman–Crippen LogP) is 11.2. The van der Waals surface area contributed by atoms with Gasteiger partial charge in [0.25, 0.3) is 0 Å². The first-order valence-corrected chi connectivity index (χ1v) is 13.4. The summed E-state index contributed by atoms with van der Waals surface area (Å²) in [5.74, 6) is 0. The minimum Gasteiger partial charge on any atom is -0.454 e. The summed E-state index contributed by atoms with van der Waals surface area (Å²) < 4.78 is 8.65. The molecule has 0 aliphatic carbocycles. The van der Waals surface area contributed by atoms with E-state index in [1.807, 2.05) is 25.1 Å². The van der Waals surface area contributed by atoms with Crippen molar-refractivity contribution in [1.29, 1.82) is 0 Å². The Bertz CT molecular complexity index is 1870. The number of fused-ring (bicyclic) bond motifs is 1.